The van der Waals surface area contributed by atoms with E-state index in [4.69, 9.17) is 32.7 Å². The molecule has 1 saturated carbocycles. The second-order valence-corrected chi connectivity index (χ2v) is 19.0. The minimum absolute atomic E-state index is 0.113. The van der Waals surface area contributed by atoms with Crippen molar-refractivity contribution in [2.75, 3.05) is 6.54 Å². The smallest absolute Gasteiger partial charge is 0.410 e. The van der Waals surface area contributed by atoms with Crippen LogP contribution >= 0.6 is 34.5 Å². The van der Waals surface area contributed by atoms with Crippen LogP contribution in [0, 0.1) is 5.92 Å². The highest BCUT2D eigenvalue weighted by molar-refractivity contribution is 7.92. The Balaban J connectivity index is 1.26. The number of nitrogens with zero attached hydrogens (tertiary/aromatic N) is 2. The van der Waals surface area contributed by atoms with Gasteiger partial charge < -0.3 is 25.0 Å². The third kappa shape index (κ3) is 8.98. The van der Waals surface area contributed by atoms with Gasteiger partial charge in [0, 0.05) is 23.9 Å². The molecular weight excluding hydrogens is 781 g/mol. The Morgan fingerprint density at radius 1 is 1.06 bits per heavy atom. The molecule has 0 unspecified atom stereocenters. The topological polar surface area (TPSA) is 181 Å². The summed E-state index contributed by atoms with van der Waals surface area (Å²) in [6.07, 6.45) is 4.21. The highest BCUT2D eigenvalue weighted by Crippen LogP contribution is 2.46. The van der Waals surface area contributed by atoms with E-state index >= 15 is 0 Å². The number of alkyl carbamates (subject to hydrolysis) is 1. The number of carbonyl (C=O) groups is 5. The van der Waals surface area contributed by atoms with Gasteiger partial charge in [-0.05, 0) is 75.8 Å². The Hall–Kier alpha value is -3.86. The molecule has 0 bridgehead atoms. The number of ether oxygens (including phenoxy) is 2. The van der Waals surface area contributed by atoms with Crippen LogP contribution in [0.4, 0.5) is 9.59 Å². The van der Waals surface area contributed by atoms with Gasteiger partial charge in [0.2, 0.25) is 11.8 Å². The number of fused-ring (bicyclic) bond motifs is 3. The number of rotatable bonds is 5. The molecule has 292 valence electrons. The van der Waals surface area contributed by atoms with Crippen molar-refractivity contribution in [1.82, 2.24) is 25.2 Å². The van der Waals surface area contributed by atoms with Gasteiger partial charge in [-0.25, -0.2) is 22.7 Å². The molecule has 0 spiro atoms. The van der Waals surface area contributed by atoms with E-state index in [2.05, 4.69) is 15.4 Å². The Morgan fingerprint density at radius 3 is 2.54 bits per heavy atom. The molecule has 1 aromatic heterocycles. The van der Waals surface area contributed by atoms with Gasteiger partial charge in [-0.3, -0.25) is 19.3 Å². The first-order chi connectivity index (χ1) is 25.5. The lowest BCUT2D eigenvalue weighted by atomic mass is 10.0. The largest absolute Gasteiger partial charge is 0.444 e. The molecule has 2 fully saturated rings. The third-order valence-electron chi connectivity index (χ3n) is 9.83. The Bertz CT molecular complexity index is 1970. The van der Waals surface area contributed by atoms with Crippen molar-refractivity contribution in [2.45, 2.75) is 112 Å². The SMILES string of the molecule is CC(C)(C)OC(=O)N[C@H]1CCCCCC=C[C@@H]2C[C@@]2(C(=O)NS(=O)(=O)c2ccc(Cl)s2)NC(=O)[C@@H]2C[C@@H](OC(=O)N3Cc4cccc(Cl)c4C3)CN2C1=O. The number of benzene rings is 1. The second-order valence-electron chi connectivity index (χ2n) is 15.0. The Labute approximate surface area is 327 Å². The van der Waals surface area contributed by atoms with Crippen LogP contribution < -0.4 is 15.4 Å². The van der Waals surface area contributed by atoms with Gasteiger partial charge in [0.05, 0.1) is 17.4 Å². The normalized spacial score (nSPS) is 26.0. The molecular formula is C36H43Cl2N5O9S2. The zero-order chi connectivity index (χ0) is 39.0. The maximum atomic E-state index is 14.4. The zero-order valence-corrected chi connectivity index (χ0v) is 33.2. The summed E-state index contributed by atoms with van der Waals surface area (Å²) >= 11 is 13.1. The first-order valence-corrected chi connectivity index (χ1v) is 20.8. The number of hydrogen-bond acceptors (Lipinski definition) is 10. The minimum atomic E-state index is -4.32. The van der Waals surface area contributed by atoms with Crippen LogP contribution in [-0.4, -0.2) is 84.0 Å². The van der Waals surface area contributed by atoms with Gasteiger partial charge in [-0.2, -0.15) is 0 Å². The maximum Gasteiger partial charge on any atom is 0.410 e. The van der Waals surface area contributed by atoms with Crippen molar-refractivity contribution in [3.05, 3.63) is 63.0 Å². The Kier molecular flexibility index (Phi) is 11.6. The van der Waals surface area contributed by atoms with E-state index in [1.54, 1.807) is 39.0 Å². The first kappa shape index (κ1) is 39.8. The molecule has 5 amide bonds. The summed E-state index contributed by atoms with van der Waals surface area (Å²) in [5, 5.41) is 5.99. The maximum absolute atomic E-state index is 14.4. The van der Waals surface area contributed by atoms with Crippen molar-refractivity contribution < 1.29 is 41.9 Å². The van der Waals surface area contributed by atoms with E-state index in [9.17, 15) is 32.4 Å². The number of allylic oxidation sites excluding steroid dienone is 1. The minimum Gasteiger partial charge on any atom is -0.444 e. The van der Waals surface area contributed by atoms with Crippen LogP contribution in [0.2, 0.25) is 9.36 Å². The average molecular weight is 825 g/mol. The standard InChI is InChI=1S/C36H43Cl2N5O9S2/c1-35(2,3)52-33(47)39-26-13-8-6-4-5-7-11-22-17-36(22,32(46)41-54(49,50)29-15-14-28(38)53-29)40-30(44)27-16-23(19-43(27)31(26)45)51-34(48)42-18-21-10-9-12-25(37)24(21)20-42/h7,9-12,14-15,22-23,26-27H,4-6,8,13,16-20H2,1-3H3,(H,39,47)(H,40,44)(H,41,46)/t22-,23-,26+,27+,36-/m1/s1. The number of carbonyl (C=O) groups excluding carboxylic acids is 5. The lowest BCUT2D eigenvalue weighted by Crippen LogP contribution is -2.58. The molecule has 6 rings (SSSR count). The number of thiophene rings is 1. The van der Waals surface area contributed by atoms with Crippen LogP contribution in [0.3, 0.4) is 0 Å². The molecule has 1 aliphatic carbocycles. The molecule has 2 aromatic rings. The fourth-order valence-electron chi connectivity index (χ4n) is 7.05. The van der Waals surface area contributed by atoms with Gasteiger partial charge in [0.25, 0.3) is 15.9 Å². The highest BCUT2D eigenvalue weighted by Gasteiger charge is 2.62. The molecule has 4 heterocycles. The summed E-state index contributed by atoms with van der Waals surface area (Å²) in [4.78, 5) is 71.6. The van der Waals surface area contributed by atoms with Crippen molar-refractivity contribution in [3.63, 3.8) is 0 Å². The Morgan fingerprint density at radius 2 is 1.83 bits per heavy atom. The van der Waals surface area contributed by atoms with Gasteiger partial charge in [0.1, 0.15) is 33.5 Å². The van der Waals surface area contributed by atoms with Crippen molar-refractivity contribution in [1.29, 1.82) is 0 Å². The zero-order valence-electron chi connectivity index (χ0n) is 30.1. The quantitative estimate of drug-likeness (QED) is 0.339. The molecule has 3 aliphatic heterocycles. The number of sulfonamides is 1. The molecule has 3 N–H and O–H groups in total. The molecule has 1 aromatic carbocycles. The fourth-order valence-corrected chi connectivity index (χ4v) is 9.82. The number of hydrogen-bond donors (Lipinski definition) is 3. The molecule has 0 radical (unpaired) electrons. The van der Waals surface area contributed by atoms with Crippen LogP contribution in [-0.2, 0) is 47.0 Å². The number of nitrogens with one attached hydrogen (secondary N) is 3. The van der Waals surface area contributed by atoms with Crippen molar-refractivity contribution in [3.8, 4) is 0 Å². The second kappa shape index (κ2) is 15.7. The van der Waals surface area contributed by atoms with Crippen LogP contribution in [0.1, 0.15) is 76.8 Å². The van der Waals surface area contributed by atoms with E-state index in [1.165, 1.54) is 21.9 Å². The van der Waals surface area contributed by atoms with E-state index in [-0.39, 0.29) is 47.4 Å². The van der Waals surface area contributed by atoms with Gasteiger partial charge in [0.15, 0.2) is 0 Å². The molecule has 18 heteroatoms. The summed E-state index contributed by atoms with van der Waals surface area (Å²) in [5.41, 5.74) is -0.792. The average Bonchev–Trinajstić information content (AvgIpc) is 3.46. The molecule has 1 saturated heterocycles. The third-order valence-corrected chi connectivity index (χ3v) is 13.2. The van der Waals surface area contributed by atoms with Crippen LogP contribution in [0.25, 0.3) is 0 Å². The van der Waals surface area contributed by atoms with Crippen LogP contribution in [0.15, 0.2) is 46.7 Å². The van der Waals surface area contributed by atoms with Gasteiger partial charge in [-0.15, -0.1) is 11.3 Å². The summed E-state index contributed by atoms with van der Waals surface area (Å²) < 4.78 is 39.8. The summed E-state index contributed by atoms with van der Waals surface area (Å²) in [6, 6.07) is 5.77. The predicted octanol–water partition coefficient (Wildman–Crippen LogP) is 5.27. The fraction of sp³-hybridized carbons (Fsp3) is 0.528. The molecule has 5 atom stereocenters. The summed E-state index contributed by atoms with van der Waals surface area (Å²) in [6.45, 7) is 5.41. The summed E-state index contributed by atoms with van der Waals surface area (Å²) in [7, 11) is -4.32. The lowest BCUT2D eigenvalue weighted by Gasteiger charge is -2.30. The molecule has 14 nitrogen and oxygen atoms in total. The van der Waals surface area contributed by atoms with E-state index in [1.807, 2.05) is 12.1 Å². The number of halogens is 2. The highest BCUT2D eigenvalue weighted by atomic mass is 35.5. The first-order valence-electron chi connectivity index (χ1n) is 17.8. The van der Waals surface area contributed by atoms with E-state index < -0.39 is 75.2 Å². The summed E-state index contributed by atoms with van der Waals surface area (Å²) in [5.74, 6) is -2.79. The van der Waals surface area contributed by atoms with Crippen LogP contribution in [0.5, 0.6) is 0 Å². The van der Waals surface area contributed by atoms with Crippen molar-refractivity contribution >= 4 is 74.5 Å². The van der Waals surface area contributed by atoms with E-state index in [0.29, 0.717) is 24.3 Å². The van der Waals surface area contributed by atoms with E-state index in [0.717, 1.165) is 28.9 Å². The number of amides is 5. The van der Waals surface area contributed by atoms with Crippen molar-refractivity contribution in [2.24, 2.45) is 5.92 Å². The monoisotopic (exact) mass is 823 g/mol. The van der Waals surface area contributed by atoms with Gasteiger partial charge >= 0.3 is 12.2 Å². The predicted molar refractivity (Wildman–Crippen MR) is 200 cm³/mol. The molecule has 4 aliphatic rings. The van der Waals surface area contributed by atoms with Gasteiger partial charge in [-0.1, -0.05) is 60.3 Å². The lowest BCUT2D eigenvalue weighted by molar-refractivity contribution is -0.141. The molecule has 54 heavy (non-hydrogen) atoms.